The summed E-state index contributed by atoms with van der Waals surface area (Å²) in [7, 11) is 1.56. The molecule has 0 saturated carbocycles. The summed E-state index contributed by atoms with van der Waals surface area (Å²) in [6, 6.07) is 0. The van der Waals surface area contributed by atoms with Crippen LogP contribution in [-0.2, 0) is 0 Å². The molecule has 0 heterocycles. The summed E-state index contributed by atoms with van der Waals surface area (Å²) in [5, 5.41) is 0.554. The van der Waals surface area contributed by atoms with E-state index in [1.807, 2.05) is 0 Å². The van der Waals surface area contributed by atoms with Crippen molar-refractivity contribution < 1.29 is 0 Å². The highest BCUT2D eigenvalue weighted by molar-refractivity contribution is 6.68. The largest absolute Gasteiger partial charge is 0.276 e. The Hall–Kier alpha value is -0.340. The monoisotopic (exact) mass is 164 g/mol. The van der Waals surface area contributed by atoms with Crippen LogP contribution in [-0.4, -0.2) is 18.9 Å². The average molecular weight is 165 g/mol. The van der Waals surface area contributed by atoms with Crippen molar-refractivity contribution in [3.8, 4) is 0 Å². The molecule has 0 amide bonds. The third-order valence-corrected chi connectivity index (χ3v) is 1.11. The summed E-state index contributed by atoms with van der Waals surface area (Å²) in [6.07, 6.45) is 1.41. The molecule has 0 aromatic heterocycles. The van der Waals surface area contributed by atoms with E-state index in [0.29, 0.717) is 5.17 Å². The molecule has 0 N–H and O–H groups in total. The molecule has 0 spiro atoms. The van der Waals surface area contributed by atoms with Crippen molar-refractivity contribution in [2.75, 3.05) is 7.05 Å². The van der Waals surface area contributed by atoms with Crippen molar-refractivity contribution in [3.05, 3.63) is 11.2 Å². The first kappa shape index (κ1) is 8.66. The second-order valence-corrected chi connectivity index (χ2v) is 1.95. The summed E-state index contributed by atoms with van der Waals surface area (Å²) < 4.78 is 0. The molecule has 50 valence electrons. The van der Waals surface area contributed by atoms with Gasteiger partial charge in [0.25, 0.3) is 0 Å². The first-order chi connectivity index (χ1) is 4.20. The van der Waals surface area contributed by atoms with Crippen LogP contribution in [0, 0.1) is 0 Å². The Morgan fingerprint density at radius 2 is 2.11 bits per heavy atom. The summed E-state index contributed by atoms with van der Waals surface area (Å²) in [6.45, 7) is 3.18. The Labute approximate surface area is 63.9 Å². The molecule has 0 atom stereocenters. The van der Waals surface area contributed by atoms with Gasteiger partial charge in [0, 0.05) is 13.1 Å². The summed E-state index contributed by atoms with van der Waals surface area (Å²) in [5.41, 5.74) is 0. The molecule has 0 radical (unpaired) electrons. The maximum atomic E-state index is 5.44. The predicted octanol–water partition coefficient (Wildman–Crippen LogP) is 2.03. The van der Waals surface area contributed by atoms with Crippen LogP contribution in [0.4, 0.5) is 0 Å². The standard InChI is InChI=1S/C5H6Cl2N2/c1-8-4(6)3-5(7)9-2/h3H,1H2,2H3. The topological polar surface area (TPSA) is 24.7 Å². The SMILES string of the molecule is C=NC(Cl)=CC(Cl)=NC. The maximum Gasteiger partial charge on any atom is 0.131 e. The minimum absolute atomic E-state index is 0.241. The van der Waals surface area contributed by atoms with Gasteiger partial charge in [-0.15, -0.1) is 0 Å². The third kappa shape index (κ3) is 4.18. The minimum atomic E-state index is 0.241. The van der Waals surface area contributed by atoms with Gasteiger partial charge in [-0.25, -0.2) is 0 Å². The second-order valence-electron chi connectivity index (χ2n) is 1.17. The van der Waals surface area contributed by atoms with Crippen molar-refractivity contribution in [1.82, 2.24) is 0 Å². The highest BCUT2D eigenvalue weighted by atomic mass is 35.5. The van der Waals surface area contributed by atoms with Crippen molar-refractivity contribution in [1.29, 1.82) is 0 Å². The number of hydrogen-bond acceptors (Lipinski definition) is 2. The molecule has 0 unspecified atom stereocenters. The smallest absolute Gasteiger partial charge is 0.131 e. The van der Waals surface area contributed by atoms with E-state index >= 15 is 0 Å². The van der Waals surface area contributed by atoms with Crippen LogP contribution in [0.2, 0.25) is 0 Å². The molecular formula is C5H6Cl2N2. The molecule has 0 aliphatic carbocycles. The Balaban J connectivity index is 4.11. The van der Waals surface area contributed by atoms with E-state index in [2.05, 4.69) is 16.7 Å². The summed E-state index contributed by atoms with van der Waals surface area (Å²) in [4.78, 5) is 7.00. The zero-order valence-corrected chi connectivity index (χ0v) is 6.45. The van der Waals surface area contributed by atoms with E-state index in [4.69, 9.17) is 23.2 Å². The summed E-state index contributed by atoms with van der Waals surface area (Å²) in [5.74, 6) is 0. The zero-order valence-electron chi connectivity index (χ0n) is 4.93. The molecule has 0 bridgehead atoms. The molecule has 0 fully saturated rings. The van der Waals surface area contributed by atoms with Crippen LogP contribution >= 0.6 is 23.2 Å². The van der Waals surface area contributed by atoms with E-state index in [1.165, 1.54) is 6.08 Å². The van der Waals surface area contributed by atoms with Gasteiger partial charge in [0.1, 0.15) is 10.3 Å². The fraction of sp³-hybridized carbons (Fsp3) is 0.200. The molecule has 4 heteroatoms. The van der Waals surface area contributed by atoms with Gasteiger partial charge in [-0.3, -0.25) is 9.98 Å². The highest BCUT2D eigenvalue weighted by Crippen LogP contribution is 2.02. The Kier molecular flexibility index (Phi) is 4.36. The fourth-order valence-electron chi connectivity index (χ4n) is 0.208. The van der Waals surface area contributed by atoms with E-state index in [-0.39, 0.29) is 5.16 Å². The molecule has 0 aromatic rings. The molecule has 2 nitrogen and oxygen atoms in total. The molecule has 0 rings (SSSR count). The van der Waals surface area contributed by atoms with Crippen molar-refractivity contribution in [2.45, 2.75) is 0 Å². The maximum absolute atomic E-state index is 5.44. The first-order valence-electron chi connectivity index (χ1n) is 2.17. The molecule has 0 aliphatic heterocycles. The van der Waals surface area contributed by atoms with Crippen LogP contribution in [0.15, 0.2) is 21.2 Å². The minimum Gasteiger partial charge on any atom is -0.276 e. The lowest BCUT2D eigenvalue weighted by Gasteiger charge is -1.84. The highest BCUT2D eigenvalue weighted by Gasteiger charge is 1.87. The van der Waals surface area contributed by atoms with Crippen LogP contribution in [0.25, 0.3) is 0 Å². The number of hydrogen-bond donors (Lipinski definition) is 0. The second kappa shape index (κ2) is 4.53. The van der Waals surface area contributed by atoms with Gasteiger partial charge in [-0.05, 0) is 6.72 Å². The molecule has 0 saturated heterocycles. The van der Waals surface area contributed by atoms with Gasteiger partial charge in [-0.2, -0.15) is 0 Å². The van der Waals surface area contributed by atoms with E-state index < -0.39 is 0 Å². The first-order valence-corrected chi connectivity index (χ1v) is 2.92. The number of rotatable bonds is 2. The lowest BCUT2D eigenvalue weighted by Crippen LogP contribution is -1.78. The van der Waals surface area contributed by atoms with Gasteiger partial charge >= 0.3 is 0 Å². The molecule has 9 heavy (non-hydrogen) atoms. The van der Waals surface area contributed by atoms with Crippen molar-refractivity contribution in [2.24, 2.45) is 9.98 Å². The number of halogens is 2. The van der Waals surface area contributed by atoms with E-state index in [9.17, 15) is 0 Å². The number of nitrogens with zero attached hydrogens (tertiary/aromatic N) is 2. The average Bonchev–Trinajstić information content (AvgIpc) is 1.87. The van der Waals surface area contributed by atoms with Gasteiger partial charge in [0.2, 0.25) is 0 Å². The Bertz CT molecular complexity index is 160. The lowest BCUT2D eigenvalue weighted by atomic mass is 10.6. The Morgan fingerprint density at radius 3 is 2.44 bits per heavy atom. The number of allylic oxidation sites excluding steroid dienone is 1. The summed E-state index contributed by atoms with van der Waals surface area (Å²) >= 11 is 10.8. The van der Waals surface area contributed by atoms with Crippen LogP contribution in [0.3, 0.4) is 0 Å². The van der Waals surface area contributed by atoms with Gasteiger partial charge in [0.05, 0.1) is 0 Å². The molecule has 0 aromatic carbocycles. The van der Waals surface area contributed by atoms with Crippen LogP contribution in [0.5, 0.6) is 0 Å². The predicted molar refractivity (Wildman–Crippen MR) is 42.7 cm³/mol. The van der Waals surface area contributed by atoms with Crippen molar-refractivity contribution >= 4 is 35.1 Å². The third-order valence-electron chi connectivity index (χ3n) is 0.603. The normalized spacial score (nSPS) is 13.7. The van der Waals surface area contributed by atoms with Crippen LogP contribution in [0.1, 0.15) is 0 Å². The zero-order chi connectivity index (χ0) is 7.28. The molecular weight excluding hydrogens is 159 g/mol. The lowest BCUT2D eigenvalue weighted by molar-refractivity contribution is 1.46. The van der Waals surface area contributed by atoms with Gasteiger partial charge in [0.15, 0.2) is 0 Å². The van der Waals surface area contributed by atoms with E-state index in [1.54, 1.807) is 7.05 Å². The van der Waals surface area contributed by atoms with Crippen LogP contribution < -0.4 is 0 Å². The van der Waals surface area contributed by atoms with Crippen molar-refractivity contribution in [3.63, 3.8) is 0 Å². The number of aliphatic imine (C=N–C) groups is 2. The quantitative estimate of drug-likeness (QED) is 0.441. The molecule has 0 aliphatic rings. The Morgan fingerprint density at radius 1 is 1.56 bits per heavy atom. The van der Waals surface area contributed by atoms with E-state index in [0.717, 1.165) is 0 Å². The van der Waals surface area contributed by atoms with Gasteiger partial charge < -0.3 is 0 Å². The van der Waals surface area contributed by atoms with Gasteiger partial charge in [-0.1, -0.05) is 23.2 Å². The fourth-order valence-corrected chi connectivity index (χ4v) is 0.471.